The number of hydrogen-bond acceptors (Lipinski definition) is 4. The van der Waals surface area contributed by atoms with E-state index in [1.54, 1.807) is 0 Å². The van der Waals surface area contributed by atoms with Gasteiger partial charge in [-0.2, -0.15) is 0 Å². The number of hydrogen-bond donors (Lipinski definition) is 2. The van der Waals surface area contributed by atoms with Crippen LogP contribution in [-0.4, -0.2) is 28.2 Å². The minimum atomic E-state index is -0.142. The van der Waals surface area contributed by atoms with Crippen LogP contribution in [0.5, 0.6) is 0 Å². The Kier molecular flexibility index (Phi) is 3.68. The van der Waals surface area contributed by atoms with Gasteiger partial charge in [-0.3, -0.25) is 0 Å². The predicted molar refractivity (Wildman–Crippen MR) is 71.1 cm³/mol. The Morgan fingerprint density at radius 2 is 2.18 bits per heavy atom. The van der Waals surface area contributed by atoms with Gasteiger partial charge in [-0.1, -0.05) is 13.8 Å². The van der Waals surface area contributed by atoms with E-state index >= 15 is 0 Å². The summed E-state index contributed by atoms with van der Waals surface area (Å²) in [6, 6.07) is 1.87. The van der Waals surface area contributed by atoms with Gasteiger partial charge in [0.2, 0.25) is 0 Å². The van der Waals surface area contributed by atoms with Crippen molar-refractivity contribution in [3.63, 3.8) is 0 Å². The molecule has 0 aliphatic heterocycles. The molecule has 0 saturated heterocycles. The highest BCUT2D eigenvalue weighted by atomic mass is 79.9. The van der Waals surface area contributed by atoms with Gasteiger partial charge in [-0.15, -0.1) is 0 Å². The smallest absolute Gasteiger partial charge is 0.135 e. The third-order valence-corrected chi connectivity index (χ3v) is 3.24. The van der Waals surface area contributed by atoms with Gasteiger partial charge in [0.1, 0.15) is 16.2 Å². The third-order valence-electron chi connectivity index (χ3n) is 2.83. The second-order valence-corrected chi connectivity index (χ2v) is 6.20. The molecule has 2 rings (SSSR count). The molecule has 0 atom stereocenters. The van der Waals surface area contributed by atoms with Gasteiger partial charge in [-0.25, -0.2) is 9.97 Å². The molecular formula is C12H18BrN3O. The number of aliphatic hydroxyl groups excluding tert-OH is 1. The highest BCUT2D eigenvalue weighted by Gasteiger charge is 2.27. The molecule has 1 heterocycles. The molecule has 1 aromatic rings. The fourth-order valence-corrected chi connectivity index (χ4v) is 1.83. The summed E-state index contributed by atoms with van der Waals surface area (Å²) in [6.07, 6.45) is 2.38. The third kappa shape index (κ3) is 3.64. The van der Waals surface area contributed by atoms with Crippen LogP contribution in [0.2, 0.25) is 0 Å². The monoisotopic (exact) mass is 299 g/mol. The van der Waals surface area contributed by atoms with Crippen molar-refractivity contribution in [3.8, 4) is 0 Å². The molecule has 0 bridgehead atoms. The fourth-order valence-electron chi connectivity index (χ4n) is 1.44. The summed E-state index contributed by atoms with van der Waals surface area (Å²) in [4.78, 5) is 8.88. The molecule has 1 aliphatic rings. The molecule has 0 radical (unpaired) electrons. The Hall–Kier alpha value is -0.680. The number of aliphatic hydroxyl groups is 1. The number of anilines is 1. The molecule has 1 fully saturated rings. The van der Waals surface area contributed by atoms with Gasteiger partial charge in [0.15, 0.2) is 0 Å². The van der Waals surface area contributed by atoms with E-state index in [1.807, 2.05) is 19.9 Å². The quantitative estimate of drug-likeness (QED) is 0.821. The Balaban J connectivity index is 2.05. The summed E-state index contributed by atoms with van der Waals surface area (Å²) >= 11 is 3.41. The van der Waals surface area contributed by atoms with E-state index in [2.05, 4.69) is 31.2 Å². The maximum absolute atomic E-state index is 9.20. The normalized spacial score (nSPS) is 16.0. The molecule has 5 heteroatoms. The minimum absolute atomic E-state index is 0.142. The van der Waals surface area contributed by atoms with Gasteiger partial charge < -0.3 is 10.4 Å². The number of aromatic nitrogens is 2. The average molecular weight is 300 g/mol. The van der Waals surface area contributed by atoms with Crippen LogP contribution in [0.3, 0.4) is 0 Å². The summed E-state index contributed by atoms with van der Waals surface area (Å²) in [5.41, 5.74) is -0.142. The van der Waals surface area contributed by atoms with E-state index < -0.39 is 0 Å². The fraction of sp³-hybridized carbons (Fsp3) is 0.667. The standard InChI is InChI=1S/C12H18BrN3O/c1-12(2,7-17)6-14-10-5-9(13)15-11(16-10)8-3-4-8/h5,8,17H,3-4,6-7H2,1-2H3,(H,14,15,16). The average Bonchev–Trinajstić information content (AvgIpc) is 3.10. The lowest BCUT2D eigenvalue weighted by Gasteiger charge is -2.22. The molecule has 17 heavy (non-hydrogen) atoms. The van der Waals surface area contributed by atoms with Crippen LogP contribution in [-0.2, 0) is 0 Å². The van der Waals surface area contributed by atoms with E-state index in [0.29, 0.717) is 12.5 Å². The summed E-state index contributed by atoms with van der Waals surface area (Å²) in [5.74, 6) is 2.29. The number of rotatable bonds is 5. The summed E-state index contributed by atoms with van der Waals surface area (Å²) in [6.45, 7) is 4.87. The Bertz CT molecular complexity index is 405. The van der Waals surface area contributed by atoms with Crippen molar-refractivity contribution in [3.05, 3.63) is 16.5 Å². The predicted octanol–water partition coefficient (Wildman–Crippen LogP) is 2.55. The van der Waals surface area contributed by atoms with Crippen molar-refractivity contribution in [2.45, 2.75) is 32.6 Å². The molecule has 0 spiro atoms. The molecule has 1 saturated carbocycles. The summed E-state index contributed by atoms with van der Waals surface area (Å²) in [7, 11) is 0. The van der Waals surface area contributed by atoms with Gasteiger partial charge in [-0.05, 0) is 28.8 Å². The second kappa shape index (κ2) is 4.90. The van der Waals surface area contributed by atoms with Crippen LogP contribution >= 0.6 is 15.9 Å². The van der Waals surface area contributed by atoms with Crippen molar-refractivity contribution >= 4 is 21.7 Å². The molecule has 1 aromatic heterocycles. The van der Waals surface area contributed by atoms with E-state index in [0.717, 1.165) is 16.2 Å². The Labute approximate surface area is 110 Å². The summed E-state index contributed by atoms with van der Waals surface area (Å²) < 4.78 is 0.818. The first-order valence-corrected chi connectivity index (χ1v) is 6.69. The zero-order chi connectivity index (χ0) is 12.5. The van der Waals surface area contributed by atoms with Crippen molar-refractivity contribution in [1.29, 1.82) is 0 Å². The van der Waals surface area contributed by atoms with Crippen LogP contribution in [0.15, 0.2) is 10.7 Å². The number of nitrogens with one attached hydrogen (secondary N) is 1. The zero-order valence-electron chi connectivity index (χ0n) is 10.2. The van der Waals surface area contributed by atoms with Crippen molar-refractivity contribution < 1.29 is 5.11 Å². The largest absolute Gasteiger partial charge is 0.396 e. The van der Waals surface area contributed by atoms with Crippen LogP contribution < -0.4 is 5.32 Å². The maximum atomic E-state index is 9.20. The van der Waals surface area contributed by atoms with E-state index in [-0.39, 0.29) is 12.0 Å². The van der Waals surface area contributed by atoms with Crippen LogP contribution in [0.1, 0.15) is 38.4 Å². The highest BCUT2D eigenvalue weighted by Crippen LogP contribution is 2.38. The molecule has 4 nitrogen and oxygen atoms in total. The molecule has 0 aromatic carbocycles. The number of nitrogens with zero attached hydrogens (tertiary/aromatic N) is 2. The maximum Gasteiger partial charge on any atom is 0.135 e. The van der Waals surface area contributed by atoms with E-state index in [9.17, 15) is 5.11 Å². The molecule has 0 amide bonds. The Morgan fingerprint density at radius 1 is 1.47 bits per heavy atom. The van der Waals surface area contributed by atoms with E-state index in [4.69, 9.17) is 0 Å². The molecular weight excluding hydrogens is 282 g/mol. The van der Waals surface area contributed by atoms with Gasteiger partial charge >= 0.3 is 0 Å². The SMILES string of the molecule is CC(C)(CO)CNc1cc(Br)nc(C2CC2)n1. The van der Waals surface area contributed by atoms with Crippen molar-refractivity contribution in [2.75, 3.05) is 18.5 Å². The van der Waals surface area contributed by atoms with Gasteiger partial charge in [0.25, 0.3) is 0 Å². The molecule has 1 aliphatic carbocycles. The first-order chi connectivity index (χ1) is 8.00. The van der Waals surface area contributed by atoms with Crippen molar-refractivity contribution in [1.82, 2.24) is 9.97 Å². The minimum Gasteiger partial charge on any atom is -0.396 e. The lowest BCUT2D eigenvalue weighted by Crippen LogP contribution is -2.27. The first kappa shape index (κ1) is 12.8. The second-order valence-electron chi connectivity index (χ2n) is 5.38. The van der Waals surface area contributed by atoms with Crippen LogP contribution in [0, 0.1) is 5.41 Å². The van der Waals surface area contributed by atoms with Gasteiger partial charge in [0, 0.05) is 30.6 Å². The topological polar surface area (TPSA) is 58.0 Å². The molecule has 0 unspecified atom stereocenters. The van der Waals surface area contributed by atoms with Crippen molar-refractivity contribution in [2.24, 2.45) is 5.41 Å². The lowest BCUT2D eigenvalue weighted by atomic mass is 9.95. The number of halogens is 1. The molecule has 2 N–H and O–H groups in total. The van der Waals surface area contributed by atoms with E-state index in [1.165, 1.54) is 12.8 Å². The Morgan fingerprint density at radius 3 is 2.76 bits per heavy atom. The summed E-state index contributed by atoms with van der Waals surface area (Å²) in [5, 5.41) is 12.5. The van der Waals surface area contributed by atoms with Crippen LogP contribution in [0.25, 0.3) is 0 Å². The zero-order valence-corrected chi connectivity index (χ0v) is 11.8. The highest BCUT2D eigenvalue weighted by molar-refractivity contribution is 9.10. The lowest BCUT2D eigenvalue weighted by molar-refractivity contribution is 0.170. The molecule has 94 valence electrons. The van der Waals surface area contributed by atoms with Crippen LogP contribution in [0.4, 0.5) is 5.82 Å². The first-order valence-electron chi connectivity index (χ1n) is 5.89. The van der Waals surface area contributed by atoms with Gasteiger partial charge in [0.05, 0.1) is 0 Å².